The van der Waals surface area contributed by atoms with Crippen molar-refractivity contribution in [3.63, 3.8) is 0 Å². The molecule has 1 heterocycles. The van der Waals surface area contributed by atoms with Crippen LogP contribution in [0.15, 0.2) is 24.3 Å². The molecule has 2 rings (SSSR count). The van der Waals surface area contributed by atoms with Crippen LogP contribution in [-0.4, -0.2) is 14.8 Å². The zero-order valence-electron chi connectivity index (χ0n) is 8.31. The van der Waals surface area contributed by atoms with Crippen LogP contribution in [0.1, 0.15) is 5.82 Å². The van der Waals surface area contributed by atoms with E-state index in [1.165, 1.54) is 0 Å². The lowest BCUT2D eigenvalue weighted by Crippen LogP contribution is -2.05. The number of halogens is 1. The molecule has 15 heavy (non-hydrogen) atoms. The molecule has 0 radical (unpaired) electrons. The first kappa shape index (κ1) is 10.1. The molecule has 1 aromatic heterocycles. The molecule has 0 spiro atoms. The molecule has 0 atom stereocenters. The lowest BCUT2D eigenvalue weighted by atomic mass is 10.2. The highest BCUT2D eigenvalue weighted by molar-refractivity contribution is 6.33. The van der Waals surface area contributed by atoms with Crippen LogP contribution in [0.25, 0.3) is 11.4 Å². The van der Waals surface area contributed by atoms with E-state index in [1.807, 2.05) is 31.3 Å². The van der Waals surface area contributed by atoms with Crippen molar-refractivity contribution >= 4 is 11.6 Å². The van der Waals surface area contributed by atoms with Crippen LogP contribution in [0.2, 0.25) is 5.02 Å². The van der Waals surface area contributed by atoms with Crippen LogP contribution < -0.4 is 5.73 Å². The smallest absolute Gasteiger partial charge is 0.182 e. The highest BCUT2D eigenvalue weighted by Gasteiger charge is 2.10. The van der Waals surface area contributed by atoms with E-state index in [1.54, 1.807) is 4.68 Å². The second-order valence-electron chi connectivity index (χ2n) is 3.16. The summed E-state index contributed by atoms with van der Waals surface area (Å²) in [6.45, 7) is 0.369. The van der Waals surface area contributed by atoms with E-state index in [0.29, 0.717) is 17.4 Å². The molecule has 2 aromatic rings. The summed E-state index contributed by atoms with van der Waals surface area (Å²) in [5.41, 5.74) is 6.35. The Morgan fingerprint density at radius 2 is 2.13 bits per heavy atom. The van der Waals surface area contributed by atoms with Gasteiger partial charge in [-0.3, -0.25) is 4.68 Å². The minimum atomic E-state index is 0.369. The first-order valence-electron chi connectivity index (χ1n) is 4.57. The highest BCUT2D eigenvalue weighted by Crippen LogP contribution is 2.24. The normalized spacial score (nSPS) is 10.6. The topological polar surface area (TPSA) is 56.7 Å². The highest BCUT2D eigenvalue weighted by atomic mass is 35.5. The second kappa shape index (κ2) is 4.00. The van der Waals surface area contributed by atoms with Crippen molar-refractivity contribution < 1.29 is 0 Å². The number of nitrogens with two attached hydrogens (primary N) is 1. The Bertz CT molecular complexity index is 478. The molecule has 1 aromatic carbocycles. The third-order valence-corrected chi connectivity index (χ3v) is 2.48. The summed E-state index contributed by atoms with van der Waals surface area (Å²) in [6.07, 6.45) is 0. The average Bonchev–Trinajstić information content (AvgIpc) is 2.60. The monoisotopic (exact) mass is 222 g/mol. The summed E-state index contributed by atoms with van der Waals surface area (Å²) >= 11 is 6.04. The predicted molar refractivity (Wildman–Crippen MR) is 59.3 cm³/mol. The predicted octanol–water partition coefficient (Wildman–Crippen LogP) is 1.59. The zero-order chi connectivity index (χ0) is 10.8. The van der Waals surface area contributed by atoms with Gasteiger partial charge < -0.3 is 5.73 Å². The van der Waals surface area contributed by atoms with Crippen molar-refractivity contribution in [2.75, 3.05) is 0 Å². The minimum Gasteiger partial charge on any atom is -0.324 e. The number of benzene rings is 1. The molecule has 4 nitrogen and oxygen atoms in total. The lowest BCUT2D eigenvalue weighted by Gasteiger charge is -1.96. The van der Waals surface area contributed by atoms with E-state index in [4.69, 9.17) is 17.3 Å². The van der Waals surface area contributed by atoms with Crippen molar-refractivity contribution in [2.24, 2.45) is 12.8 Å². The molecule has 0 fully saturated rings. The van der Waals surface area contributed by atoms with Crippen LogP contribution in [0.5, 0.6) is 0 Å². The SMILES string of the molecule is Cn1nc(-c2ccccc2Cl)nc1CN. The maximum Gasteiger partial charge on any atom is 0.182 e. The molecule has 0 amide bonds. The van der Waals surface area contributed by atoms with E-state index in [-0.39, 0.29) is 0 Å². The molecule has 5 heteroatoms. The fourth-order valence-electron chi connectivity index (χ4n) is 1.35. The van der Waals surface area contributed by atoms with Gasteiger partial charge in [0.25, 0.3) is 0 Å². The van der Waals surface area contributed by atoms with Gasteiger partial charge in [-0.25, -0.2) is 4.98 Å². The van der Waals surface area contributed by atoms with Gasteiger partial charge in [-0.1, -0.05) is 23.7 Å². The maximum atomic E-state index is 6.04. The van der Waals surface area contributed by atoms with Crippen LogP contribution in [0, 0.1) is 0 Å². The minimum absolute atomic E-state index is 0.369. The molecule has 0 aliphatic heterocycles. The van der Waals surface area contributed by atoms with Crippen LogP contribution >= 0.6 is 11.6 Å². The van der Waals surface area contributed by atoms with Crippen molar-refractivity contribution in [2.45, 2.75) is 6.54 Å². The molecular formula is C10H11ClN4. The summed E-state index contributed by atoms with van der Waals surface area (Å²) in [5.74, 6) is 1.36. The number of hydrogen-bond donors (Lipinski definition) is 1. The third-order valence-electron chi connectivity index (χ3n) is 2.15. The Morgan fingerprint density at radius 3 is 2.73 bits per heavy atom. The molecule has 0 unspecified atom stereocenters. The largest absolute Gasteiger partial charge is 0.324 e. The first-order valence-corrected chi connectivity index (χ1v) is 4.95. The molecule has 2 N–H and O–H groups in total. The Balaban J connectivity index is 2.50. The van der Waals surface area contributed by atoms with Crippen LogP contribution in [-0.2, 0) is 13.6 Å². The van der Waals surface area contributed by atoms with Gasteiger partial charge >= 0.3 is 0 Å². The van der Waals surface area contributed by atoms with Gasteiger partial charge in [-0.05, 0) is 12.1 Å². The number of rotatable bonds is 2. The Kier molecular flexibility index (Phi) is 2.70. The number of hydrogen-bond acceptors (Lipinski definition) is 3. The van der Waals surface area contributed by atoms with Crippen LogP contribution in [0.4, 0.5) is 0 Å². The molecule has 0 saturated heterocycles. The quantitative estimate of drug-likeness (QED) is 0.840. The average molecular weight is 223 g/mol. The fourth-order valence-corrected chi connectivity index (χ4v) is 1.57. The number of nitrogens with zero attached hydrogens (tertiary/aromatic N) is 3. The maximum absolute atomic E-state index is 6.04. The molecule has 0 bridgehead atoms. The Morgan fingerprint density at radius 1 is 1.40 bits per heavy atom. The van der Waals surface area contributed by atoms with Gasteiger partial charge in [-0.2, -0.15) is 5.10 Å². The van der Waals surface area contributed by atoms with E-state index < -0.39 is 0 Å². The van der Waals surface area contributed by atoms with E-state index in [0.717, 1.165) is 11.4 Å². The van der Waals surface area contributed by atoms with Gasteiger partial charge in [0.1, 0.15) is 5.82 Å². The van der Waals surface area contributed by atoms with Gasteiger partial charge in [0.05, 0.1) is 11.6 Å². The molecule has 78 valence electrons. The van der Waals surface area contributed by atoms with Crippen molar-refractivity contribution in [1.82, 2.24) is 14.8 Å². The van der Waals surface area contributed by atoms with Crippen molar-refractivity contribution in [3.05, 3.63) is 35.1 Å². The second-order valence-corrected chi connectivity index (χ2v) is 3.57. The fraction of sp³-hybridized carbons (Fsp3) is 0.200. The van der Waals surface area contributed by atoms with Crippen molar-refractivity contribution in [3.8, 4) is 11.4 Å². The number of aromatic nitrogens is 3. The number of aryl methyl sites for hydroxylation is 1. The standard InChI is InChI=1S/C10H11ClN4/c1-15-9(6-12)13-10(14-15)7-4-2-3-5-8(7)11/h2-5H,6,12H2,1H3. The summed E-state index contributed by atoms with van der Waals surface area (Å²) in [5, 5.41) is 4.90. The van der Waals surface area contributed by atoms with Gasteiger partial charge in [0.15, 0.2) is 5.82 Å². The summed E-state index contributed by atoms with van der Waals surface area (Å²) in [4.78, 5) is 4.30. The van der Waals surface area contributed by atoms with E-state index in [2.05, 4.69) is 10.1 Å². The molecule has 0 aliphatic rings. The Hall–Kier alpha value is -1.39. The van der Waals surface area contributed by atoms with Gasteiger partial charge in [0, 0.05) is 12.6 Å². The van der Waals surface area contributed by atoms with E-state index >= 15 is 0 Å². The van der Waals surface area contributed by atoms with Gasteiger partial charge in [0.2, 0.25) is 0 Å². The molecule has 0 aliphatic carbocycles. The van der Waals surface area contributed by atoms with Crippen LogP contribution in [0.3, 0.4) is 0 Å². The third kappa shape index (κ3) is 1.86. The van der Waals surface area contributed by atoms with Gasteiger partial charge in [-0.15, -0.1) is 0 Å². The summed E-state index contributed by atoms with van der Waals surface area (Å²) in [7, 11) is 1.82. The summed E-state index contributed by atoms with van der Waals surface area (Å²) < 4.78 is 1.67. The Labute approximate surface area is 92.7 Å². The molecular weight excluding hydrogens is 212 g/mol. The lowest BCUT2D eigenvalue weighted by molar-refractivity contribution is 0.703. The van der Waals surface area contributed by atoms with E-state index in [9.17, 15) is 0 Å². The first-order chi connectivity index (χ1) is 7.22. The zero-order valence-corrected chi connectivity index (χ0v) is 9.07. The summed E-state index contributed by atoms with van der Waals surface area (Å²) in [6, 6.07) is 7.48. The molecule has 0 saturated carbocycles. The van der Waals surface area contributed by atoms with Crippen molar-refractivity contribution in [1.29, 1.82) is 0 Å².